The number of piperidine rings is 1. The summed E-state index contributed by atoms with van der Waals surface area (Å²) < 4.78 is 53.1. The van der Waals surface area contributed by atoms with Crippen LogP contribution in [0.2, 0.25) is 0 Å². The average molecular weight is 486 g/mol. The number of alkyl halides is 3. The van der Waals surface area contributed by atoms with Crippen LogP contribution in [-0.2, 0) is 11.0 Å². The first-order chi connectivity index (χ1) is 16.7. The maximum Gasteiger partial charge on any atom is 0.417 e. The molecule has 11 heteroatoms. The van der Waals surface area contributed by atoms with E-state index in [-0.39, 0.29) is 29.2 Å². The van der Waals surface area contributed by atoms with Crippen molar-refractivity contribution in [2.24, 2.45) is 11.3 Å². The Bertz CT molecular complexity index is 1280. The number of nitrogens with zero attached hydrogens (tertiary/aromatic N) is 4. The number of hydrogen-bond donors (Lipinski definition) is 2. The lowest BCUT2D eigenvalue weighted by atomic mass is 9.71. The normalized spacial score (nSPS) is 29.0. The Labute approximate surface area is 198 Å². The lowest BCUT2D eigenvalue weighted by Gasteiger charge is -2.48. The number of pyridine rings is 1. The summed E-state index contributed by atoms with van der Waals surface area (Å²) in [6.45, 7) is 3.09. The second-order valence-electron chi connectivity index (χ2n) is 9.75. The lowest BCUT2D eigenvalue weighted by molar-refractivity contribution is -0.138. The minimum absolute atomic E-state index is 0.0134. The number of dihydropyridines is 1. The van der Waals surface area contributed by atoms with Gasteiger partial charge in [-0.15, -0.1) is 0 Å². The zero-order valence-corrected chi connectivity index (χ0v) is 18.7. The maximum absolute atomic E-state index is 14.4. The molecule has 0 aromatic carbocycles. The highest BCUT2D eigenvalue weighted by Gasteiger charge is 2.75. The molecule has 35 heavy (non-hydrogen) atoms. The second-order valence-corrected chi connectivity index (χ2v) is 9.75. The number of rotatable bonds is 4. The Hall–Kier alpha value is -3.50. The molecule has 2 aliphatic heterocycles. The van der Waals surface area contributed by atoms with Gasteiger partial charge in [-0.2, -0.15) is 13.2 Å². The zero-order chi connectivity index (χ0) is 24.5. The van der Waals surface area contributed by atoms with E-state index in [1.807, 2.05) is 17.9 Å². The molecule has 0 bridgehead atoms. The number of likely N-dealkylation sites (tertiary alicyclic amines) is 1. The van der Waals surface area contributed by atoms with Gasteiger partial charge in [-0.05, 0) is 49.3 Å². The fourth-order valence-electron chi connectivity index (χ4n) is 5.88. The van der Waals surface area contributed by atoms with E-state index in [1.165, 1.54) is 0 Å². The molecular weight excluding hydrogens is 464 g/mol. The molecule has 2 aromatic rings. The van der Waals surface area contributed by atoms with Crippen molar-refractivity contribution in [3.63, 3.8) is 0 Å². The summed E-state index contributed by atoms with van der Waals surface area (Å²) in [4.78, 5) is 27.9. The number of amides is 1. The van der Waals surface area contributed by atoms with E-state index in [1.54, 1.807) is 18.5 Å². The zero-order valence-electron chi connectivity index (χ0n) is 18.7. The van der Waals surface area contributed by atoms with Crippen molar-refractivity contribution < 1.29 is 22.4 Å². The molecule has 2 aliphatic carbocycles. The van der Waals surface area contributed by atoms with Crippen LogP contribution in [0.3, 0.4) is 0 Å². The van der Waals surface area contributed by atoms with Gasteiger partial charge >= 0.3 is 6.18 Å². The summed E-state index contributed by atoms with van der Waals surface area (Å²) in [5.41, 5.74) is 0.878. The fourth-order valence-corrected chi connectivity index (χ4v) is 5.88. The number of carbonyl (C=O) groups is 1. The lowest BCUT2D eigenvalue weighted by Crippen LogP contribution is -2.60. The van der Waals surface area contributed by atoms with E-state index in [0.29, 0.717) is 48.4 Å². The van der Waals surface area contributed by atoms with Crippen molar-refractivity contribution in [3.05, 3.63) is 65.2 Å². The first-order valence-corrected chi connectivity index (χ1v) is 11.4. The van der Waals surface area contributed by atoms with E-state index in [2.05, 4.69) is 25.6 Å². The van der Waals surface area contributed by atoms with E-state index >= 15 is 0 Å². The van der Waals surface area contributed by atoms with Crippen LogP contribution in [0.15, 0.2) is 47.9 Å². The molecule has 0 radical (unpaired) electrons. The van der Waals surface area contributed by atoms with Crippen molar-refractivity contribution >= 4 is 17.4 Å². The molecule has 3 fully saturated rings. The van der Waals surface area contributed by atoms with Gasteiger partial charge in [0.25, 0.3) is 5.91 Å². The van der Waals surface area contributed by atoms with E-state index in [4.69, 9.17) is 0 Å². The van der Waals surface area contributed by atoms with Crippen LogP contribution in [-0.4, -0.2) is 50.9 Å². The molecule has 2 N–H and O–H groups in total. The molecule has 4 heterocycles. The Morgan fingerprint density at radius 2 is 2.00 bits per heavy atom. The fraction of sp³-hybridized carbons (Fsp3) is 0.417. The van der Waals surface area contributed by atoms with E-state index in [9.17, 15) is 22.4 Å². The van der Waals surface area contributed by atoms with Gasteiger partial charge in [-0.1, -0.05) is 5.57 Å². The SMILES string of the molecule is CC1=CC(C(=O)N2CC3CC34CC(Nc3ncc(C(F)(F)F)cc3F)C24)=C(c2ncccn2)NC1. The molecule has 4 unspecified atom stereocenters. The average Bonchev–Trinajstić information content (AvgIpc) is 3.48. The molecule has 1 amide bonds. The Morgan fingerprint density at radius 3 is 2.71 bits per heavy atom. The number of aromatic nitrogens is 3. The van der Waals surface area contributed by atoms with Crippen LogP contribution >= 0.6 is 0 Å². The first kappa shape index (κ1) is 22.0. The molecule has 4 aliphatic rings. The van der Waals surface area contributed by atoms with Gasteiger partial charge in [0.05, 0.1) is 22.9 Å². The van der Waals surface area contributed by atoms with Crippen molar-refractivity contribution in [2.75, 3.05) is 18.4 Å². The number of nitrogens with one attached hydrogen (secondary N) is 2. The van der Waals surface area contributed by atoms with Crippen LogP contribution in [0.4, 0.5) is 23.4 Å². The van der Waals surface area contributed by atoms with Gasteiger partial charge in [0.15, 0.2) is 17.5 Å². The molecular formula is C24H22F4N6O. The minimum Gasteiger partial charge on any atom is -0.378 e. The third-order valence-corrected chi connectivity index (χ3v) is 7.58. The van der Waals surface area contributed by atoms with Crippen molar-refractivity contribution in [1.82, 2.24) is 25.2 Å². The molecule has 7 nitrogen and oxygen atoms in total. The molecule has 182 valence electrons. The standard InChI is InChI=1S/C24H22F4N6O/c1-12-5-15(18(31-9-12)21-29-3-2-4-30-21)22(35)34-11-14-7-23(14)8-17(19(23)34)33-20-16(25)6-13(10-32-20)24(26,27)28/h2-6,10,14,17,19,31H,7-9,11H2,1H3,(H,32,33). The van der Waals surface area contributed by atoms with Gasteiger partial charge in [-0.3, -0.25) is 4.79 Å². The monoisotopic (exact) mass is 486 g/mol. The highest BCUT2D eigenvalue weighted by molar-refractivity contribution is 6.04. The third-order valence-electron chi connectivity index (χ3n) is 7.58. The summed E-state index contributed by atoms with van der Waals surface area (Å²) in [5, 5.41) is 6.22. The van der Waals surface area contributed by atoms with Crippen LogP contribution in [0.1, 0.15) is 31.2 Å². The van der Waals surface area contributed by atoms with Crippen LogP contribution < -0.4 is 10.6 Å². The van der Waals surface area contributed by atoms with Crippen molar-refractivity contribution in [2.45, 2.75) is 38.0 Å². The molecule has 2 aromatic heterocycles. The van der Waals surface area contributed by atoms with Gasteiger partial charge in [-0.25, -0.2) is 19.3 Å². The Kier molecular flexibility index (Phi) is 4.71. The Balaban J connectivity index is 1.28. The van der Waals surface area contributed by atoms with Gasteiger partial charge in [0.1, 0.15) is 0 Å². The number of carbonyl (C=O) groups excluding carboxylic acids is 1. The van der Waals surface area contributed by atoms with Crippen LogP contribution in [0, 0.1) is 17.2 Å². The number of anilines is 1. The highest BCUT2D eigenvalue weighted by atomic mass is 19.4. The molecule has 1 saturated heterocycles. The summed E-state index contributed by atoms with van der Waals surface area (Å²) in [7, 11) is 0. The molecule has 1 spiro atoms. The summed E-state index contributed by atoms with van der Waals surface area (Å²) in [6.07, 6.45) is 2.73. The smallest absolute Gasteiger partial charge is 0.378 e. The maximum atomic E-state index is 14.4. The molecule has 6 rings (SSSR count). The van der Waals surface area contributed by atoms with Crippen molar-refractivity contribution in [3.8, 4) is 0 Å². The minimum atomic E-state index is -4.67. The third kappa shape index (κ3) is 3.47. The largest absolute Gasteiger partial charge is 0.417 e. The molecule has 2 saturated carbocycles. The summed E-state index contributed by atoms with van der Waals surface area (Å²) in [6, 6.07) is 1.65. The van der Waals surface area contributed by atoms with Crippen molar-refractivity contribution in [1.29, 1.82) is 0 Å². The number of halogens is 4. The predicted molar refractivity (Wildman–Crippen MR) is 118 cm³/mol. The number of hydrogen-bond acceptors (Lipinski definition) is 6. The first-order valence-electron chi connectivity index (χ1n) is 11.4. The Morgan fingerprint density at radius 1 is 1.23 bits per heavy atom. The van der Waals surface area contributed by atoms with Gasteiger partial charge in [0.2, 0.25) is 0 Å². The van der Waals surface area contributed by atoms with Gasteiger partial charge in [0, 0.05) is 37.7 Å². The molecule has 4 atom stereocenters. The second kappa shape index (κ2) is 7.50. The quantitative estimate of drug-likeness (QED) is 0.645. The van der Waals surface area contributed by atoms with E-state index < -0.39 is 17.6 Å². The van der Waals surface area contributed by atoms with Crippen LogP contribution in [0.25, 0.3) is 5.70 Å². The predicted octanol–water partition coefficient (Wildman–Crippen LogP) is 3.39. The van der Waals surface area contributed by atoms with Gasteiger partial charge < -0.3 is 15.5 Å². The van der Waals surface area contributed by atoms with Crippen LogP contribution in [0.5, 0.6) is 0 Å². The summed E-state index contributed by atoms with van der Waals surface area (Å²) in [5.74, 6) is -0.660. The highest BCUT2D eigenvalue weighted by Crippen LogP contribution is 2.71. The summed E-state index contributed by atoms with van der Waals surface area (Å²) >= 11 is 0. The van der Waals surface area contributed by atoms with E-state index in [0.717, 1.165) is 18.4 Å². The topological polar surface area (TPSA) is 83.0 Å².